The van der Waals surface area contributed by atoms with Crippen LogP contribution in [0.2, 0.25) is 0 Å². The molecule has 0 aliphatic rings. The molecule has 0 aliphatic heterocycles. The normalized spacial score (nSPS) is 10.8. The van der Waals surface area contributed by atoms with Crippen molar-refractivity contribution < 1.29 is 9.53 Å². The van der Waals surface area contributed by atoms with E-state index in [4.69, 9.17) is 22.7 Å². The van der Waals surface area contributed by atoms with E-state index in [-0.39, 0.29) is 10.9 Å². The Morgan fingerprint density at radius 2 is 1.94 bits per heavy atom. The van der Waals surface area contributed by atoms with Crippen LogP contribution in [0.15, 0.2) is 24.3 Å². The van der Waals surface area contributed by atoms with E-state index in [0.29, 0.717) is 12.2 Å². The van der Waals surface area contributed by atoms with Gasteiger partial charge in [-0.05, 0) is 45.0 Å². The average Bonchev–Trinajstić information content (AvgIpc) is 2.29. The molecule has 0 atom stereocenters. The fraction of sp³-hybridized carbons (Fsp3) is 0.385. The quantitative estimate of drug-likeness (QED) is 0.799. The lowest BCUT2D eigenvalue weighted by Gasteiger charge is -2.24. The molecule has 18 heavy (non-hydrogen) atoms. The zero-order chi connectivity index (χ0) is 13.8. The van der Waals surface area contributed by atoms with E-state index in [2.05, 4.69) is 5.32 Å². The van der Waals surface area contributed by atoms with Gasteiger partial charge in [-0.15, -0.1) is 0 Å². The highest BCUT2D eigenvalue weighted by Gasteiger charge is 2.24. The van der Waals surface area contributed by atoms with Crippen LogP contribution in [0.25, 0.3) is 0 Å². The second kappa shape index (κ2) is 5.82. The molecule has 98 valence electrons. The first-order chi connectivity index (χ1) is 8.36. The lowest BCUT2D eigenvalue weighted by Crippen LogP contribution is -2.52. The van der Waals surface area contributed by atoms with E-state index < -0.39 is 5.54 Å². The third-order valence-corrected chi connectivity index (χ3v) is 2.98. The second-order valence-electron chi connectivity index (χ2n) is 4.40. The summed E-state index contributed by atoms with van der Waals surface area (Å²) in [5, 5.41) is 2.78. The van der Waals surface area contributed by atoms with E-state index in [1.54, 1.807) is 38.1 Å². The fourth-order valence-corrected chi connectivity index (χ4v) is 1.34. The molecule has 3 N–H and O–H groups in total. The van der Waals surface area contributed by atoms with Gasteiger partial charge in [-0.25, -0.2) is 0 Å². The Balaban J connectivity index is 2.76. The highest BCUT2D eigenvalue weighted by atomic mass is 32.1. The van der Waals surface area contributed by atoms with Gasteiger partial charge in [-0.3, -0.25) is 4.79 Å². The molecule has 4 nitrogen and oxygen atoms in total. The average molecular weight is 266 g/mol. The molecule has 0 aromatic heterocycles. The van der Waals surface area contributed by atoms with Crippen molar-refractivity contribution in [2.45, 2.75) is 26.3 Å². The Labute approximate surface area is 113 Å². The number of hydrogen-bond donors (Lipinski definition) is 2. The molecule has 1 rings (SSSR count). The summed E-state index contributed by atoms with van der Waals surface area (Å²) in [6, 6.07) is 6.92. The van der Waals surface area contributed by atoms with Gasteiger partial charge < -0.3 is 15.8 Å². The van der Waals surface area contributed by atoms with Gasteiger partial charge in [0, 0.05) is 5.56 Å². The number of nitrogens with one attached hydrogen (secondary N) is 1. The van der Waals surface area contributed by atoms with E-state index >= 15 is 0 Å². The van der Waals surface area contributed by atoms with Crippen LogP contribution in [-0.4, -0.2) is 23.0 Å². The summed E-state index contributed by atoms with van der Waals surface area (Å²) in [6.07, 6.45) is 0. The number of carbonyl (C=O) groups excluding carboxylic acids is 1. The summed E-state index contributed by atoms with van der Waals surface area (Å²) >= 11 is 4.90. The lowest BCUT2D eigenvalue weighted by atomic mass is 10.0. The van der Waals surface area contributed by atoms with E-state index in [1.807, 2.05) is 6.92 Å². The van der Waals surface area contributed by atoms with Crippen LogP contribution in [-0.2, 0) is 0 Å². The lowest BCUT2D eigenvalue weighted by molar-refractivity contribution is 0.0932. The van der Waals surface area contributed by atoms with Gasteiger partial charge in [0.25, 0.3) is 5.91 Å². The van der Waals surface area contributed by atoms with Crippen molar-refractivity contribution in [3.63, 3.8) is 0 Å². The molecule has 0 radical (unpaired) electrons. The molecule has 1 amide bonds. The van der Waals surface area contributed by atoms with Gasteiger partial charge >= 0.3 is 0 Å². The second-order valence-corrected chi connectivity index (χ2v) is 4.84. The molecule has 0 saturated carbocycles. The van der Waals surface area contributed by atoms with Gasteiger partial charge in [0.05, 0.1) is 17.1 Å². The fourth-order valence-electron chi connectivity index (χ4n) is 1.29. The third kappa shape index (κ3) is 3.70. The number of carbonyl (C=O) groups is 1. The summed E-state index contributed by atoms with van der Waals surface area (Å²) in [5.41, 5.74) is 5.40. The maximum absolute atomic E-state index is 12.0. The summed E-state index contributed by atoms with van der Waals surface area (Å²) in [6.45, 7) is 6.04. The minimum atomic E-state index is -0.703. The molecule has 5 heteroatoms. The largest absolute Gasteiger partial charge is 0.494 e. The zero-order valence-corrected chi connectivity index (χ0v) is 11.6. The van der Waals surface area contributed by atoms with E-state index in [0.717, 1.165) is 5.75 Å². The molecule has 0 heterocycles. The van der Waals surface area contributed by atoms with Gasteiger partial charge in [0.1, 0.15) is 5.75 Å². The predicted molar refractivity (Wildman–Crippen MR) is 75.9 cm³/mol. The van der Waals surface area contributed by atoms with Crippen molar-refractivity contribution in [1.29, 1.82) is 0 Å². The maximum atomic E-state index is 12.0. The first-order valence-electron chi connectivity index (χ1n) is 5.72. The molecule has 1 aromatic rings. The molecule has 0 bridgehead atoms. The summed E-state index contributed by atoms with van der Waals surface area (Å²) in [5.74, 6) is 0.526. The minimum Gasteiger partial charge on any atom is -0.494 e. The topological polar surface area (TPSA) is 64.3 Å². The Hall–Kier alpha value is -1.62. The van der Waals surface area contributed by atoms with Gasteiger partial charge in [-0.2, -0.15) is 0 Å². The SMILES string of the molecule is CCOc1ccc(C(=O)NC(C)(C)C(N)=S)cc1. The smallest absolute Gasteiger partial charge is 0.252 e. The van der Waals surface area contributed by atoms with E-state index in [1.165, 1.54) is 0 Å². The summed E-state index contributed by atoms with van der Waals surface area (Å²) in [7, 11) is 0. The molecule has 0 spiro atoms. The maximum Gasteiger partial charge on any atom is 0.252 e. The molecule has 0 unspecified atom stereocenters. The molecule has 0 saturated heterocycles. The van der Waals surface area contributed by atoms with Gasteiger partial charge in [0.2, 0.25) is 0 Å². The standard InChI is InChI=1S/C13H18N2O2S/c1-4-17-10-7-5-9(6-8-10)11(16)15-13(2,3)12(14)18/h5-8H,4H2,1-3H3,(H2,14,18)(H,15,16). The van der Waals surface area contributed by atoms with Crippen molar-refractivity contribution in [2.75, 3.05) is 6.61 Å². The highest BCUT2D eigenvalue weighted by Crippen LogP contribution is 2.13. The van der Waals surface area contributed by atoms with Crippen molar-refractivity contribution >= 4 is 23.1 Å². The van der Waals surface area contributed by atoms with Crippen molar-refractivity contribution in [2.24, 2.45) is 5.73 Å². The first kappa shape index (κ1) is 14.4. The van der Waals surface area contributed by atoms with Crippen LogP contribution in [0.1, 0.15) is 31.1 Å². The minimum absolute atomic E-state index is 0.212. The van der Waals surface area contributed by atoms with Crippen LogP contribution in [0.3, 0.4) is 0 Å². The molecule has 1 aromatic carbocycles. The number of benzene rings is 1. The first-order valence-corrected chi connectivity index (χ1v) is 6.13. The number of ether oxygens (including phenoxy) is 1. The number of hydrogen-bond acceptors (Lipinski definition) is 3. The number of thiocarbonyl (C=S) groups is 1. The van der Waals surface area contributed by atoms with E-state index in [9.17, 15) is 4.79 Å². The van der Waals surface area contributed by atoms with Gasteiger partial charge in [-0.1, -0.05) is 12.2 Å². The van der Waals surface area contributed by atoms with Crippen LogP contribution < -0.4 is 15.8 Å². The zero-order valence-electron chi connectivity index (χ0n) is 10.8. The molecule has 0 fully saturated rings. The van der Waals surface area contributed by atoms with Crippen LogP contribution >= 0.6 is 12.2 Å². The Morgan fingerprint density at radius 3 is 2.39 bits per heavy atom. The summed E-state index contributed by atoms with van der Waals surface area (Å²) in [4.78, 5) is 12.2. The predicted octanol–water partition coefficient (Wildman–Crippen LogP) is 1.88. The Kier molecular flexibility index (Phi) is 4.67. The monoisotopic (exact) mass is 266 g/mol. The van der Waals surface area contributed by atoms with Crippen LogP contribution in [0, 0.1) is 0 Å². The Morgan fingerprint density at radius 1 is 1.39 bits per heavy atom. The molecular weight excluding hydrogens is 248 g/mol. The summed E-state index contributed by atoms with van der Waals surface area (Å²) < 4.78 is 5.31. The number of amides is 1. The van der Waals surface area contributed by atoms with Gasteiger partial charge in [0.15, 0.2) is 0 Å². The third-order valence-electron chi connectivity index (χ3n) is 2.47. The van der Waals surface area contributed by atoms with Crippen molar-refractivity contribution in [1.82, 2.24) is 5.32 Å². The molecular formula is C13H18N2O2S. The highest BCUT2D eigenvalue weighted by molar-refractivity contribution is 7.80. The van der Waals surface area contributed by atoms with Crippen molar-refractivity contribution in [3.05, 3.63) is 29.8 Å². The van der Waals surface area contributed by atoms with Crippen LogP contribution in [0.5, 0.6) is 5.75 Å². The molecule has 0 aliphatic carbocycles. The number of rotatable bonds is 5. The van der Waals surface area contributed by atoms with Crippen LogP contribution in [0.4, 0.5) is 0 Å². The van der Waals surface area contributed by atoms with Crippen molar-refractivity contribution in [3.8, 4) is 5.75 Å². The number of nitrogens with two attached hydrogens (primary N) is 1. The Bertz CT molecular complexity index is 441.